The average Bonchev–Trinajstić information content (AvgIpc) is 3.05. The number of rotatable bonds is 4. The van der Waals surface area contributed by atoms with Gasteiger partial charge in [0, 0.05) is 42.1 Å². The third-order valence-electron chi connectivity index (χ3n) is 5.24. The second kappa shape index (κ2) is 8.54. The van der Waals surface area contributed by atoms with Gasteiger partial charge in [-0.25, -0.2) is 9.69 Å². The van der Waals surface area contributed by atoms with Crippen LogP contribution in [0.15, 0.2) is 60.4 Å². The molecule has 3 heterocycles. The largest absolute Gasteiger partial charge is 0.335 e. The van der Waals surface area contributed by atoms with E-state index in [0.717, 1.165) is 22.0 Å². The van der Waals surface area contributed by atoms with Crippen LogP contribution in [-0.2, 0) is 14.4 Å². The van der Waals surface area contributed by atoms with Crippen LogP contribution in [0.25, 0.3) is 11.8 Å². The molecule has 1 fully saturated rings. The predicted octanol–water partition coefficient (Wildman–Crippen LogP) is 3.11. The van der Waals surface area contributed by atoms with Crippen LogP contribution in [0.1, 0.15) is 23.9 Å². The third-order valence-corrected chi connectivity index (χ3v) is 5.24. The summed E-state index contributed by atoms with van der Waals surface area (Å²) < 4.78 is 1.97. The quantitative estimate of drug-likeness (QED) is 0.475. The number of imide groups is 2. The van der Waals surface area contributed by atoms with E-state index in [2.05, 4.69) is 15.6 Å². The minimum atomic E-state index is -0.807. The van der Waals surface area contributed by atoms with E-state index < -0.39 is 17.8 Å². The Labute approximate surface area is 189 Å². The number of aryl methyl sites for hydroxylation is 1. The lowest BCUT2D eigenvalue weighted by Crippen LogP contribution is -2.54. The lowest BCUT2D eigenvalue weighted by atomic mass is 10.1. The zero-order valence-corrected chi connectivity index (χ0v) is 18.2. The second-order valence-corrected chi connectivity index (χ2v) is 7.55. The fraction of sp³-hybridized carbons (Fsp3) is 0.125. The van der Waals surface area contributed by atoms with Gasteiger partial charge in [0.1, 0.15) is 5.57 Å². The van der Waals surface area contributed by atoms with Crippen LogP contribution in [-0.4, -0.2) is 33.3 Å². The number of benzene rings is 1. The molecule has 33 heavy (non-hydrogen) atoms. The maximum atomic E-state index is 13.1. The summed E-state index contributed by atoms with van der Waals surface area (Å²) in [5.41, 5.74) is 4.07. The van der Waals surface area contributed by atoms with Gasteiger partial charge in [0.05, 0.1) is 5.69 Å². The summed E-state index contributed by atoms with van der Waals surface area (Å²) in [5, 5.41) is 4.95. The molecule has 1 aromatic carbocycles. The van der Waals surface area contributed by atoms with Crippen molar-refractivity contribution in [3.63, 3.8) is 0 Å². The molecule has 0 unspecified atom stereocenters. The molecule has 2 aromatic heterocycles. The Balaban J connectivity index is 1.70. The summed E-state index contributed by atoms with van der Waals surface area (Å²) in [6.45, 7) is 5.23. The number of hydrogen-bond acceptors (Lipinski definition) is 5. The fourth-order valence-electron chi connectivity index (χ4n) is 3.77. The van der Waals surface area contributed by atoms with E-state index in [1.165, 1.54) is 37.5 Å². The molecule has 0 bridgehead atoms. The molecule has 166 valence electrons. The molecule has 0 saturated carbocycles. The zero-order valence-electron chi connectivity index (χ0n) is 18.2. The van der Waals surface area contributed by atoms with Gasteiger partial charge in [0.25, 0.3) is 11.8 Å². The molecule has 0 radical (unpaired) electrons. The molecule has 1 aliphatic heterocycles. The number of nitrogens with one attached hydrogen (secondary N) is 2. The average molecular weight is 443 g/mol. The number of aromatic nitrogens is 2. The van der Waals surface area contributed by atoms with E-state index >= 15 is 0 Å². The number of barbiturate groups is 1. The number of urea groups is 1. The first-order valence-corrected chi connectivity index (χ1v) is 10.1. The molecular weight excluding hydrogens is 422 g/mol. The van der Waals surface area contributed by atoms with Crippen LogP contribution in [0.5, 0.6) is 0 Å². The van der Waals surface area contributed by atoms with Gasteiger partial charge in [-0.2, -0.15) is 0 Å². The first kappa shape index (κ1) is 21.7. The number of pyridine rings is 1. The molecule has 4 rings (SSSR count). The van der Waals surface area contributed by atoms with E-state index in [0.29, 0.717) is 16.9 Å². The minimum absolute atomic E-state index is 0.146. The molecule has 9 heteroatoms. The normalized spacial score (nSPS) is 15.1. The summed E-state index contributed by atoms with van der Waals surface area (Å²) >= 11 is 0. The van der Waals surface area contributed by atoms with Crippen LogP contribution in [0.2, 0.25) is 0 Å². The Hall–Kier alpha value is -4.53. The maximum Gasteiger partial charge on any atom is 0.335 e. The zero-order chi connectivity index (χ0) is 23.7. The van der Waals surface area contributed by atoms with E-state index in [9.17, 15) is 19.2 Å². The molecule has 3 aromatic rings. The van der Waals surface area contributed by atoms with Crippen LogP contribution in [0.4, 0.5) is 16.2 Å². The number of carbonyl (C=O) groups excluding carboxylic acids is 4. The topological polar surface area (TPSA) is 113 Å². The van der Waals surface area contributed by atoms with Gasteiger partial charge in [-0.3, -0.25) is 24.7 Å². The van der Waals surface area contributed by atoms with Crippen molar-refractivity contribution in [1.82, 2.24) is 14.9 Å². The molecule has 0 atom stereocenters. The van der Waals surface area contributed by atoms with Crippen molar-refractivity contribution in [3.05, 3.63) is 77.4 Å². The van der Waals surface area contributed by atoms with E-state index in [4.69, 9.17) is 0 Å². The molecule has 1 saturated heterocycles. The molecule has 0 spiro atoms. The number of anilines is 2. The molecule has 5 amide bonds. The lowest BCUT2D eigenvalue weighted by molar-refractivity contribution is -0.122. The van der Waals surface area contributed by atoms with Gasteiger partial charge >= 0.3 is 6.03 Å². The highest BCUT2D eigenvalue weighted by Gasteiger charge is 2.37. The Bertz CT molecular complexity index is 1310. The van der Waals surface area contributed by atoms with Gasteiger partial charge in [-0.05, 0) is 68.0 Å². The first-order chi connectivity index (χ1) is 15.8. The Morgan fingerprint density at radius 2 is 1.67 bits per heavy atom. The van der Waals surface area contributed by atoms with E-state index in [-0.39, 0.29) is 11.5 Å². The lowest BCUT2D eigenvalue weighted by Gasteiger charge is -2.26. The maximum absolute atomic E-state index is 13.1. The number of carbonyl (C=O) groups is 4. The molecule has 1 aliphatic rings. The van der Waals surface area contributed by atoms with E-state index in [1.807, 2.05) is 36.6 Å². The molecular formula is C24H21N5O4. The summed E-state index contributed by atoms with van der Waals surface area (Å²) in [7, 11) is 0. The summed E-state index contributed by atoms with van der Waals surface area (Å²) in [5.74, 6) is -1.61. The van der Waals surface area contributed by atoms with Crippen LogP contribution in [0, 0.1) is 13.8 Å². The standard InChI is InChI=1S/C24H21N5O4/c1-14-12-17(15(2)28(14)19-6-4-18(5-7-19)26-16(3)30)13-21-22(31)27-24(33)29(23(21)32)20-8-10-25-11-9-20/h4-13H,1-3H3,(H,26,30)(H,27,31,33)/b21-13+. The minimum Gasteiger partial charge on any atom is -0.326 e. The summed E-state index contributed by atoms with van der Waals surface area (Å²) in [6, 6.07) is 11.4. The second-order valence-electron chi connectivity index (χ2n) is 7.55. The van der Waals surface area contributed by atoms with Crippen molar-refractivity contribution >= 4 is 41.2 Å². The van der Waals surface area contributed by atoms with Gasteiger partial charge in [0.15, 0.2) is 0 Å². The highest BCUT2D eigenvalue weighted by Crippen LogP contribution is 2.26. The Morgan fingerprint density at radius 3 is 2.30 bits per heavy atom. The number of hydrogen-bond donors (Lipinski definition) is 2. The smallest absolute Gasteiger partial charge is 0.326 e. The Kier molecular flexibility index (Phi) is 5.61. The molecule has 9 nitrogen and oxygen atoms in total. The van der Waals surface area contributed by atoms with Crippen molar-refractivity contribution in [2.45, 2.75) is 20.8 Å². The number of nitrogens with zero attached hydrogens (tertiary/aromatic N) is 3. The van der Waals surface area contributed by atoms with E-state index in [1.54, 1.807) is 12.1 Å². The van der Waals surface area contributed by atoms with Crippen LogP contribution in [0.3, 0.4) is 0 Å². The number of amides is 5. The third kappa shape index (κ3) is 4.16. The summed E-state index contributed by atoms with van der Waals surface area (Å²) in [4.78, 5) is 53.9. The predicted molar refractivity (Wildman–Crippen MR) is 123 cm³/mol. The van der Waals surface area contributed by atoms with Gasteiger partial charge in [-0.15, -0.1) is 0 Å². The molecule has 0 aliphatic carbocycles. The van der Waals surface area contributed by atoms with Crippen molar-refractivity contribution in [3.8, 4) is 5.69 Å². The SMILES string of the molecule is CC(=O)Nc1ccc(-n2c(C)cc(/C=C3\C(=O)NC(=O)N(c4ccncc4)C3=O)c2C)cc1. The van der Waals surface area contributed by atoms with Crippen LogP contribution >= 0.6 is 0 Å². The van der Waals surface area contributed by atoms with Gasteiger partial charge < -0.3 is 9.88 Å². The van der Waals surface area contributed by atoms with Crippen molar-refractivity contribution in [2.75, 3.05) is 10.2 Å². The first-order valence-electron chi connectivity index (χ1n) is 10.1. The van der Waals surface area contributed by atoms with Gasteiger partial charge in [-0.1, -0.05) is 0 Å². The molecule has 2 N–H and O–H groups in total. The fourth-order valence-corrected chi connectivity index (χ4v) is 3.77. The van der Waals surface area contributed by atoms with Crippen molar-refractivity contribution in [1.29, 1.82) is 0 Å². The summed E-state index contributed by atoms with van der Waals surface area (Å²) in [6.07, 6.45) is 4.41. The van der Waals surface area contributed by atoms with Crippen LogP contribution < -0.4 is 15.5 Å². The monoisotopic (exact) mass is 443 g/mol. The highest BCUT2D eigenvalue weighted by atomic mass is 16.2. The highest BCUT2D eigenvalue weighted by molar-refractivity contribution is 6.39. The van der Waals surface area contributed by atoms with Crippen molar-refractivity contribution < 1.29 is 19.2 Å². The van der Waals surface area contributed by atoms with Gasteiger partial charge in [0.2, 0.25) is 5.91 Å². The van der Waals surface area contributed by atoms with Crippen molar-refractivity contribution in [2.24, 2.45) is 0 Å². The Morgan fingerprint density at radius 1 is 1.00 bits per heavy atom.